The third kappa shape index (κ3) is 5.09. The third-order valence-electron chi connectivity index (χ3n) is 5.76. The minimum atomic E-state index is -0.567. The molecule has 0 bridgehead atoms. The lowest BCUT2D eigenvalue weighted by Gasteiger charge is -2.22. The highest BCUT2D eigenvalue weighted by atomic mass is 79.9. The van der Waals surface area contributed by atoms with Crippen LogP contribution in [0.4, 0.5) is 0 Å². The number of nitrogens with zero attached hydrogens (tertiary/aromatic N) is 5. The Morgan fingerprint density at radius 1 is 1.06 bits per heavy atom. The predicted octanol–water partition coefficient (Wildman–Crippen LogP) is 5.90. The van der Waals surface area contributed by atoms with Crippen molar-refractivity contribution >= 4 is 39.1 Å². The van der Waals surface area contributed by atoms with Gasteiger partial charge < -0.3 is 13.9 Å². The minimum absolute atomic E-state index is 0.00782. The van der Waals surface area contributed by atoms with E-state index in [9.17, 15) is 15.3 Å². The van der Waals surface area contributed by atoms with Gasteiger partial charge in [-0.25, -0.2) is 4.98 Å². The molecule has 0 fully saturated rings. The second-order valence-corrected chi connectivity index (χ2v) is 9.75. The van der Waals surface area contributed by atoms with Crippen LogP contribution in [0.15, 0.2) is 64.3 Å². The van der Waals surface area contributed by atoms with E-state index in [1.165, 1.54) is 10.6 Å². The van der Waals surface area contributed by atoms with Gasteiger partial charge in [0.2, 0.25) is 0 Å². The smallest absolute Gasteiger partial charge is 0.268 e. The molecule has 4 aromatic rings. The molecule has 10 heteroatoms. The average molecular weight is 583 g/mol. The summed E-state index contributed by atoms with van der Waals surface area (Å²) in [6.07, 6.45) is 2.80. The molecule has 1 unspecified atom stereocenters. The molecule has 2 aromatic carbocycles. The summed E-state index contributed by atoms with van der Waals surface area (Å²) in [6.45, 7) is 0.0182. The number of nitriles is 2. The standard InChI is InChI=1S/C26H18BrCl2N5O2/c1-33-14-32-12-23(33)25(15-3-4-16(10-30)22(27)8-15)36-13-24-21(7-18(11-31)26(35)34(24)2)17-5-19(28)9-20(29)6-17/h3-9,12,14,25H,13H2,1-2H3. The van der Waals surface area contributed by atoms with Crippen LogP contribution in [0.3, 0.4) is 0 Å². The lowest BCUT2D eigenvalue weighted by atomic mass is 10.0. The number of rotatable bonds is 6. The lowest BCUT2D eigenvalue weighted by Crippen LogP contribution is -2.25. The maximum absolute atomic E-state index is 12.8. The molecule has 0 aliphatic heterocycles. The Hall–Kier alpha value is -3.40. The van der Waals surface area contributed by atoms with Gasteiger partial charge in [-0.05, 0) is 63.5 Å². The normalized spacial score (nSPS) is 11.6. The van der Waals surface area contributed by atoms with Crippen LogP contribution in [-0.2, 0) is 25.4 Å². The van der Waals surface area contributed by atoms with E-state index in [-0.39, 0.29) is 12.2 Å². The van der Waals surface area contributed by atoms with Gasteiger partial charge in [-0.3, -0.25) is 4.79 Å². The first kappa shape index (κ1) is 25.7. The molecule has 36 heavy (non-hydrogen) atoms. The van der Waals surface area contributed by atoms with E-state index in [2.05, 4.69) is 27.0 Å². The van der Waals surface area contributed by atoms with Crippen molar-refractivity contribution in [1.82, 2.24) is 14.1 Å². The number of hydrogen-bond acceptors (Lipinski definition) is 5. The van der Waals surface area contributed by atoms with Gasteiger partial charge in [-0.2, -0.15) is 10.5 Å². The van der Waals surface area contributed by atoms with Gasteiger partial charge in [0.25, 0.3) is 5.56 Å². The summed E-state index contributed by atoms with van der Waals surface area (Å²) in [4.78, 5) is 17.0. The van der Waals surface area contributed by atoms with E-state index in [0.717, 1.165) is 11.3 Å². The van der Waals surface area contributed by atoms with Gasteiger partial charge in [0.15, 0.2) is 0 Å². The first-order valence-electron chi connectivity index (χ1n) is 10.6. The molecule has 0 saturated heterocycles. The third-order valence-corrected chi connectivity index (χ3v) is 6.85. The molecular formula is C26H18BrCl2N5O2. The van der Waals surface area contributed by atoms with Crippen LogP contribution >= 0.6 is 39.1 Å². The summed E-state index contributed by atoms with van der Waals surface area (Å²) in [5.74, 6) is 0. The zero-order valence-corrected chi connectivity index (χ0v) is 22.3. The Bertz CT molecular complexity index is 1590. The lowest BCUT2D eigenvalue weighted by molar-refractivity contribution is 0.0585. The Balaban J connectivity index is 1.83. The number of benzene rings is 2. The molecule has 0 amide bonds. The Labute approximate surface area is 225 Å². The quantitative estimate of drug-likeness (QED) is 0.282. The highest BCUT2D eigenvalue weighted by Gasteiger charge is 2.22. The molecule has 4 rings (SSSR count). The van der Waals surface area contributed by atoms with E-state index in [0.29, 0.717) is 36.9 Å². The van der Waals surface area contributed by atoms with Crippen molar-refractivity contribution in [1.29, 1.82) is 10.5 Å². The number of pyridine rings is 1. The van der Waals surface area contributed by atoms with E-state index >= 15 is 0 Å². The topological polar surface area (TPSA) is 96.6 Å². The van der Waals surface area contributed by atoms with E-state index < -0.39 is 11.7 Å². The molecule has 7 nitrogen and oxygen atoms in total. The fraction of sp³-hybridized carbons (Fsp3) is 0.154. The van der Waals surface area contributed by atoms with Gasteiger partial charge in [-0.15, -0.1) is 0 Å². The minimum Gasteiger partial charge on any atom is -0.361 e. The largest absolute Gasteiger partial charge is 0.361 e. The molecule has 180 valence electrons. The van der Waals surface area contributed by atoms with Gasteiger partial charge >= 0.3 is 0 Å². The summed E-state index contributed by atoms with van der Waals surface area (Å²) >= 11 is 15.9. The van der Waals surface area contributed by atoms with Crippen LogP contribution in [0.5, 0.6) is 0 Å². The van der Waals surface area contributed by atoms with Crippen molar-refractivity contribution in [3.63, 3.8) is 0 Å². The molecule has 0 aliphatic rings. The van der Waals surface area contributed by atoms with Gasteiger partial charge in [-0.1, -0.05) is 29.3 Å². The average Bonchev–Trinajstić information content (AvgIpc) is 3.26. The summed E-state index contributed by atoms with van der Waals surface area (Å²) < 4.78 is 10.3. The molecule has 0 radical (unpaired) electrons. The maximum atomic E-state index is 12.8. The van der Waals surface area contributed by atoms with Crippen molar-refractivity contribution in [2.75, 3.05) is 0 Å². The number of ether oxygens (including phenoxy) is 1. The van der Waals surface area contributed by atoms with E-state index in [4.69, 9.17) is 27.9 Å². The molecule has 2 heterocycles. The summed E-state index contributed by atoms with van der Waals surface area (Å²) in [6, 6.07) is 16.0. The van der Waals surface area contributed by atoms with Crippen molar-refractivity contribution in [2.24, 2.45) is 14.1 Å². The number of hydrogen-bond donors (Lipinski definition) is 0. The highest BCUT2D eigenvalue weighted by molar-refractivity contribution is 9.10. The number of halogens is 3. The Morgan fingerprint density at radius 3 is 2.33 bits per heavy atom. The molecule has 0 N–H and O–H groups in total. The molecular weight excluding hydrogens is 565 g/mol. The van der Waals surface area contributed by atoms with Gasteiger partial charge in [0, 0.05) is 34.2 Å². The van der Waals surface area contributed by atoms with Crippen LogP contribution in [0, 0.1) is 22.7 Å². The number of aromatic nitrogens is 3. The Morgan fingerprint density at radius 2 is 1.75 bits per heavy atom. The zero-order chi connectivity index (χ0) is 26.0. The van der Waals surface area contributed by atoms with Crippen LogP contribution in [0.2, 0.25) is 10.0 Å². The van der Waals surface area contributed by atoms with Gasteiger partial charge in [0.05, 0.1) is 36.1 Å². The monoisotopic (exact) mass is 581 g/mol. The van der Waals surface area contributed by atoms with Crippen molar-refractivity contribution < 1.29 is 4.74 Å². The second kappa shape index (κ2) is 10.7. The van der Waals surface area contributed by atoms with Gasteiger partial charge in [0.1, 0.15) is 23.8 Å². The first-order chi connectivity index (χ1) is 17.2. The van der Waals surface area contributed by atoms with Crippen molar-refractivity contribution in [3.8, 4) is 23.3 Å². The fourth-order valence-corrected chi connectivity index (χ4v) is 4.92. The molecule has 0 spiro atoms. The Kier molecular flexibility index (Phi) is 7.63. The fourth-order valence-electron chi connectivity index (χ4n) is 3.91. The molecule has 0 saturated carbocycles. The number of imidazole rings is 1. The molecule has 2 aromatic heterocycles. The SMILES string of the molecule is Cn1cncc1C(OCc1c(-c2cc(Cl)cc(Cl)c2)cc(C#N)c(=O)n1C)c1ccc(C#N)c(Br)c1. The van der Waals surface area contributed by atoms with Crippen LogP contribution in [0.1, 0.15) is 34.2 Å². The van der Waals surface area contributed by atoms with Crippen LogP contribution < -0.4 is 5.56 Å². The van der Waals surface area contributed by atoms with E-state index in [1.807, 2.05) is 29.8 Å². The predicted molar refractivity (Wildman–Crippen MR) is 141 cm³/mol. The van der Waals surface area contributed by atoms with Crippen LogP contribution in [-0.4, -0.2) is 14.1 Å². The number of aryl methyl sites for hydroxylation is 1. The first-order valence-corrected chi connectivity index (χ1v) is 12.1. The maximum Gasteiger partial charge on any atom is 0.268 e. The summed E-state index contributed by atoms with van der Waals surface area (Å²) in [5.41, 5.74) is 3.40. The second-order valence-electron chi connectivity index (χ2n) is 8.02. The highest BCUT2D eigenvalue weighted by Crippen LogP contribution is 2.33. The molecule has 1 atom stereocenters. The van der Waals surface area contributed by atoms with Crippen molar-refractivity contribution in [3.05, 3.63) is 108 Å². The zero-order valence-electron chi connectivity index (χ0n) is 19.2. The summed E-state index contributed by atoms with van der Waals surface area (Å²) in [7, 11) is 3.45. The van der Waals surface area contributed by atoms with Crippen molar-refractivity contribution in [2.45, 2.75) is 12.7 Å². The molecule has 0 aliphatic carbocycles. The summed E-state index contributed by atoms with van der Waals surface area (Å²) in [5, 5.41) is 19.7. The van der Waals surface area contributed by atoms with E-state index in [1.54, 1.807) is 43.8 Å². The van der Waals surface area contributed by atoms with Crippen LogP contribution in [0.25, 0.3) is 11.1 Å².